The maximum absolute atomic E-state index is 12.3. The Labute approximate surface area is 143 Å². The summed E-state index contributed by atoms with van der Waals surface area (Å²) in [5.41, 5.74) is 0.945. The fourth-order valence-electron chi connectivity index (χ4n) is 2.84. The number of nitrogens with zero attached hydrogens (tertiary/aromatic N) is 2. The number of rotatable bonds is 5. The summed E-state index contributed by atoms with van der Waals surface area (Å²) in [4.78, 5) is 16.7. The number of hydrogen-bond acceptors (Lipinski definition) is 2. The lowest BCUT2D eigenvalue weighted by molar-refractivity contribution is -0.132. The molecule has 0 saturated carbocycles. The van der Waals surface area contributed by atoms with Gasteiger partial charge < -0.3 is 4.90 Å². The number of benzene rings is 1. The Bertz CT molecular complexity index is 511. The Morgan fingerprint density at radius 2 is 1.86 bits per heavy atom. The van der Waals surface area contributed by atoms with Crippen molar-refractivity contribution < 1.29 is 4.79 Å². The average Bonchev–Trinajstić information content (AvgIpc) is 2.48. The standard InChI is InChI=1S/C17H24Cl2N2O/c1-13(2)12-20-8-10-21(11-9-20)16(22)7-6-14-4-3-5-15(18)17(14)19/h3-5,13H,6-12H2,1-2H3. The molecule has 1 fully saturated rings. The number of carbonyl (C=O) groups is 1. The minimum atomic E-state index is 0.209. The first-order valence-corrected chi connectivity index (χ1v) is 8.66. The van der Waals surface area contributed by atoms with Gasteiger partial charge >= 0.3 is 0 Å². The van der Waals surface area contributed by atoms with Gasteiger partial charge in [0.1, 0.15) is 0 Å². The third-order valence-electron chi connectivity index (χ3n) is 3.99. The minimum absolute atomic E-state index is 0.209. The Hall–Kier alpha value is -0.770. The number of halogens is 2. The van der Waals surface area contributed by atoms with E-state index >= 15 is 0 Å². The second-order valence-electron chi connectivity index (χ2n) is 6.29. The molecule has 3 nitrogen and oxygen atoms in total. The zero-order valence-corrected chi connectivity index (χ0v) is 14.8. The lowest BCUT2D eigenvalue weighted by Gasteiger charge is -2.35. The lowest BCUT2D eigenvalue weighted by Crippen LogP contribution is -2.49. The highest BCUT2D eigenvalue weighted by molar-refractivity contribution is 6.42. The van der Waals surface area contributed by atoms with Gasteiger partial charge in [-0.05, 0) is 24.0 Å². The van der Waals surface area contributed by atoms with Gasteiger partial charge in [-0.1, -0.05) is 49.2 Å². The lowest BCUT2D eigenvalue weighted by atomic mass is 10.1. The van der Waals surface area contributed by atoms with Crippen LogP contribution in [0.15, 0.2) is 18.2 Å². The number of piperazine rings is 1. The van der Waals surface area contributed by atoms with Gasteiger partial charge in [-0.2, -0.15) is 0 Å². The molecule has 1 amide bonds. The maximum atomic E-state index is 12.3. The van der Waals surface area contributed by atoms with Gasteiger partial charge in [-0.25, -0.2) is 0 Å². The third kappa shape index (κ3) is 4.87. The molecule has 0 bridgehead atoms. The summed E-state index contributed by atoms with van der Waals surface area (Å²) in [6.45, 7) is 9.17. The van der Waals surface area contributed by atoms with Crippen LogP contribution < -0.4 is 0 Å². The van der Waals surface area contributed by atoms with Crippen molar-refractivity contribution in [1.29, 1.82) is 0 Å². The van der Waals surface area contributed by atoms with E-state index < -0.39 is 0 Å². The summed E-state index contributed by atoms with van der Waals surface area (Å²) in [6, 6.07) is 5.57. The molecule has 1 aliphatic rings. The van der Waals surface area contributed by atoms with E-state index in [1.807, 2.05) is 17.0 Å². The van der Waals surface area contributed by atoms with Crippen LogP contribution in [0.5, 0.6) is 0 Å². The molecule has 1 aromatic rings. The molecular weight excluding hydrogens is 319 g/mol. The van der Waals surface area contributed by atoms with E-state index in [1.54, 1.807) is 6.07 Å². The molecule has 2 rings (SSSR count). The van der Waals surface area contributed by atoms with Crippen molar-refractivity contribution in [2.75, 3.05) is 32.7 Å². The van der Waals surface area contributed by atoms with E-state index in [0.29, 0.717) is 28.8 Å². The quantitative estimate of drug-likeness (QED) is 0.813. The Balaban J connectivity index is 1.80. The highest BCUT2D eigenvalue weighted by Crippen LogP contribution is 2.26. The number of amides is 1. The predicted octanol–water partition coefficient (Wildman–Crippen LogP) is 3.73. The first kappa shape index (κ1) is 17.6. The van der Waals surface area contributed by atoms with Crippen molar-refractivity contribution in [3.8, 4) is 0 Å². The molecule has 122 valence electrons. The summed E-state index contributed by atoms with van der Waals surface area (Å²) in [5.74, 6) is 0.882. The van der Waals surface area contributed by atoms with Crippen LogP contribution in [0.3, 0.4) is 0 Å². The van der Waals surface area contributed by atoms with Crippen molar-refractivity contribution in [1.82, 2.24) is 9.80 Å². The van der Waals surface area contributed by atoms with E-state index in [1.165, 1.54) is 0 Å². The molecule has 1 aromatic carbocycles. The number of aryl methyl sites for hydroxylation is 1. The molecule has 0 spiro atoms. The summed E-state index contributed by atoms with van der Waals surface area (Å²) < 4.78 is 0. The van der Waals surface area contributed by atoms with Crippen LogP contribution in [0.4, 0.5) is 0 Å². The van der Waals surface area contributed by atoms with E-state index in [2.05, 4.69) is 18.7 Å². The van der Waals surface area contributed by atoms with Crippen LogP contribution in [0.2, 0.25) is 10.0 Å². The topological polar surface area (TPSA) is 23.6 Å². The molecule has 0 aromatic heterocycles. The van der Waals surface area contributed by atoms with Crippen LogP contribution in [-0.4, -0.2) is 48.4 Å². The van der Waals surface area contributed by atoms with E-state index in [-0.39, 0.29) is 5.91 Å². The number of carbonyl (C=O) groups excluding carboxylic acids is 1. The Kier molecular flexibility index (Phi) is 6.54. The summed E-state index contributed by atoms with van der Waals surface area (Å²) >= 11 is 12.2. The summed E-state index contributed by atoms with van der Waals surface area (Å²) in [5, 5.41) is 1.12. The van der Waals surface area contributed by atoms with Gasteiger partial charge in [0.15, 0.2) is 0 Å². The van der Waals surface area contributed by atoms with Crippen LogP contribution in [0.25, 0.3) is 0 Å². The average molecular weight is 343 g/mol. The predicted molar refractivity (Wildman–Crippen MR) is 92.6 cm³/mol. The van der Waals surface area contributed by atoms with Gasteiger partial charge in [-0.15, -0.1) is 0 Å². The largest absolute Gasteiger partial charge is 0.340 e. The molecule has 0 aliphatic carbocycles. The molecule has 0 unspecified atom stereocenters. The second-order valence-corrected chi connectivity index (χ2v) is 7.07. The summed E-state index contributed by atoms with van der Waals surface area (Å²) in [6.07, 6.45) is 1.13. The van der Waals surface area contributed by atoms with Gasteiger partial charge in [-0.3, -0.25) is 9.69 Å². The smallest absolute Gasteiger partial charge is 0.222 e. The zero-order valence-electron chi connectivity index (χ0n) is 13.3. The molecule has 5 heteroatoms. The van der Waals surface area contributed by atoms with Crippen molar-refractivity contribution in [2.24, 2.45) is 5.92 Å². The molecule has 0 radical (unpaired) electrons. The minimum Gasteiger partial charge on any atom is -0.340 e. The first-order chi connectivity index (χ1) is 10.5. The number of hydrogen-bond donors (Lipinski definition) is 0. The van der Waals surface area contributed by atoms with Gasteiger partial charge in [0, 0.05) is 39.1 Å². The van der Waals surface area contributed by atoms with E-state index in [4.69, 9.17) is 23.2 Å². The molecule has 22 heavy (non-hydrogen) atoms. The van der Waals surface area contributed by atoms with Crippen molar-refractivity contribution in [3.05, 3.63) is 33.8 Å². The van der Waals surface area contributed by atoms with E-state index in [0.717, 1.165) is 38.3 Å². The van der Waals surface area contributed by atoms with Crippen LogP contribution >= 0.6 is 23.2 Å². The fourth-order valence-corrected chi connectivity index (χ4v) is 3.25. The van der Waals surface area contributed by atoms with Gasteiger partial charge in [0.25, 0.3) is 0 Å². The highest BCUT2D eigenvalue weighted by Gasteiger charge is 2.21. The SMILES string of the molecule is CC(C)CN1CCN(C(=O)CCc2cccc(Cl)c2Cl)CC1. The van der Waals surface area contributed by atoms with Crippen LogP contribution in [0, 0.1) is 5.92 Å². The maximum Gasteiger partial charge on any atom is 0.222 e. The second kappa shape index (κ2) is 8.19. The fraction of sp³-hybridized carbons (Fsp3) is 0.588. The Morgan fingerprint density at radius 1 is 1.18 bits per heavy atom. The monoisotopic (exact) mass is 342 g/mol. The van der Waals surface area contributed by atoms with E-state index in [9.17, 15) is 4.79 Å². The van der Waals surface area contributed by atoms with Crippen LogP contribution in [0.1, 0.15) is 25.8 Å². The molecule has 1 saturated heterocycles. The molecule has 1 heterocycles. The van der Waals surface area contributed by atoms with Gasteiger partial charge in [0.05, 0.1) is 10.0 Å². The van der Waals surface area contributed by atoms with Gasteiger partial charge in [0.2, 0.25) is 5.91 Å². The van der Waals surface area contributed by atoms with Crippen molar-refractivity contribution >= 4 is 29.1 Å². The molecule has 0 atom stereocenters. The molecule has 1 aliphatic heterocycles. The first-order valence-electron chi connectivity index (χ1n) is 7.90. The van der Waals surface area contributed by atoms with Crippen molar-refractivity contribution in [2.45, 2.75) is 26.7 Å². The zero-order chi connectivity index (χ0) is 16.1. The highest BCUT2D eigenvalue weighted by atomic mass is 35.5. The molecule has 0 N–H and O–H groups in total. The normalized spacial score (nSPS) is 16.3. The van der Waals surface area contributed by atoms with Crippen LogP contribution in [-0.2, 0) is 11.2 Å². The van der Waals surface area contributed by atoms with Crippen molar-refractivity contribution in [3.63, 3.8) is 0 Å². The molecular formula is C17H24Cl2N2O. The third-order valence-corrected chi connectivity index (χ3v) is 4.85. The summed E-state index contributed by atoms with van der Waals surface area (Å²) in [7, 11) is 0. The Morgan fingerprint density at radius 3 is 2.50 bits per heavy atom.